The summed E-state index contributed by atoms with van der Waals surface area (Å²) in [7, 11) is -0.818. The molecule has 1 N–H and O–H groups in total. The van der Waals surface area contributed by atoms with Crippen LogP contribution in [-0.2, 0) is 10.8 Å². The maximum atomic E-state index is 12.4. The molecule has 1 aromatic carbocycles. The van der Waals surface area contributed by atoms with Gasteiger partial charge < -0.3 is 5.32 Å². The molecule has 3 atom stereocenters. The summed E-state index contributed by atoms with van der Waals surface area (Å²) in [5.74, 6) is 0. The first kappa shape index (κ1) is 16.4. The molecule has 3 unspecified atom stereocenters. The molecular formula is C16H27NOS. The molecule has 0 saturated carbocycles. The molecule has 0 radical (unpaired) electrons. The van der Waals surface area contributed by atoms with Crippen molar-refractivity contribution < 1.29 is 4.21 Å². The van der Waals surface area contributed by atoms with Gasteiger partial charge in [0, 0.05) is 22.1 Å². The Kier molecular flexibility index (Phi) is 6.73. The van der Waals surface area contributed by atoms with Gasteiger partial charge in [-0.25, -0.2) is 0 Å². The van der Waals surface area contributed by atoms with Gasteiger partial charge >= 0.3 is 0 Å². The fourth-order valence-electron chi connectivity index (χ4n) is 2.19. The standard InChI is InChI=1S/C16H27NOS/c1-6-11-17-16(14(5)19(18)12(2)3)15-9-7-13(4)8-10-15/h7-10,12,14,16-17H,6,11H2,1-5H3. The molecule has 0 aromatic heterocycles. The number of hydrogen-bond donors (Lipinski definition) is 1. The molecule has 0 heterocycles. The van der Waals surface area contributed by atoms with Crippen LogP contribution in [0, 0.1) is 6.92 Å². The summed E-state index contributed by atoms with van der Waals surface area (Å²) in [4.78, 5) is 0. The van der Waals surface area contributed by atoms with Crippen molar-refractivity contribution in [1.82, 2.24) is 5.32 Å². The van der Waals surface area contributed by atoms with E-state index in [2.05, 4.69) is 50.4 Å². The topological polar surface area (TPSA) is 29.1 Å². The zero-order chi connectivity index (χ0) is 14.4. The highest BCUT2D eigenvalue weighted by molar-refractivity contribution is 7.86. The SMILES string of the molecule is CCCNC(c1ccc(C)cc1)C(C)S(=O)C(C)C. The quantitative estimate of drug-likeness (QED) is 0.827. The zero-order valence-electron chi connectivity index (χ0n) is 12.8. The van der Waals surface area contributed by atoms with E-state index >= 15 is 0 Å². The van der Waals surface area contributed by atoms with Crippen molar-refractivity contribution in [2.45, 2.75) is 57.6 Å². The molecule has 3 heteroatoms. The molecule has 0 aliphatic carbocycles. The fourth-order valence-corrected chi connectivity index (χ4v) is 3.57. The lowest BCUT2D eigenvalue weighted by atomic mass is 10.0. The minimum absolute atomic E-state index is 0.120. The van der Waals surface area contributed by atoms with E-state index in [1.54, 1.807) is 0 Å². The number of rotatable bonds is 7. The first-order chi connectivity index (χ1) is 8.97. The molecule has 108 valence electrons. The van der Waals surface area contributed by atoms with E-state index in [9.17, 15) is 4.21 Å². The summed E-state index contributed by atoms with van der Waals surface area (Å²) in [5, 5.41) is 3.87. The normalized spacial score (nSPS) is 16.3. The second kappa shape index (κ2) is 7.81. The van der Waals surface area contributed by atoms with Crippen LogP contribution in [-0.4, -0.2) is 21.3 Å². The minimum Gasteiger partial charge on any atom is -0.309 e. The van der Waals surface area contributed by atoms with Crippen LogP contribution < -0.4 is 5.32 Å². The van der Waals surface area contributed by atoms with Gasteiger partial charge in [-0.15, -0.1) is 0 Å². The van der Waals surface area contributed by atoms with Gasteiger partial charge in [-0.1, -0.05) is 50.6 Å². The predicted octanol–water partition coefficient (Wildman–Crippen LogP) is 3.58. The lowest BCUT2D eigenvalue weighted by molar-refractivity contribution is 0.516. The van der Waals surface area contributed by atoms with Gasteiger partial charge in [0.25, 0.3) is 0 Å². The third-order valence-corrected chi connectivity index (χ3v) is 5.29. The van der Waals surface area contributed by atoms with E-state index in [1.807, 2.05) is 13.8 Å². The number of aryl methyl sites for hydroxylation is 1. The highest BCUT2D eigenvalue weighted by Crippen LogP contribution is 2.23. The van der Waals surface area contributed by atoms with Gasteiger partial charge in [-0.05, 0) is 32.4 Å². The third-order valence-electron chi connectivity index (χ3n) is 3.35. The summed E-state index contributed by atoms with van der Waals surface area (Å²) < 4.78 is 12.4. The molecule has 2 nitrogen and oxygen atoms in total. The van der Waals surface area contributed by atoms with Crippen molar-refractivity contribution in [3.8, 4) is 0 Å². The molecule has 0 saturated heterocycles. The van der Waals surface area contributed by atoms with Crippen LogP contribution >= 0.6 is 0 Å². The monoisotopic (exact) mass is 281 g/mol. The molecule has 0 fully saturated rings. The Labute approximate surface area is 120 Å². The molecule has 19 heavy (non-hydrogen) atoms. The van der Waals surface area contributed by atoms with Crippen LogP contribution in [0.1, 0.15) is 51.3 Å². The maximum Gasteiger partial charge on any atom is 0.0517 e. The lowest BCUT2D eigenvalue weighted by Crippen LogP contribution is -2.35. The second-order valence-corrected chi connectivity index (χ2v) is 7.77. The van der Waals surface area contributed by atoms with Crippen LogP contribution in [0.25, 0.3) is 0 Å². The lowest BCUT2D eigenvalue weighted by Gasteiger charge is -2.26. The van der Waals surface area contributed by atoms with E-state index in [0.717, 1.165) is 13.0 Å². The molecule has 1 rings (SSSR count). The van der Waals surface area contributed by atoms with Crippen molar-refractivity contribution in [1.29, 1.82) is 0 Å². The van der Waals surface area contributed by atoms with Crippen molar-refractivity contribution in [2.75, 3.05) is 6.54 Å². The number of nitrogens with one attached hydrogen (secondary N) is 1. The summed E-state index contributed by atoms with van der Waals surface area (Å²) in [5.41, 5.74) is 2.50. The van der Waals surface area contributed by atoms with Gasteiger partial charge in [0.05, 0.1) is 5.25 Å². The average Bonchev–Trinajstić information content (AvgIpc) is 2.39. The van der Waals surface area contributed by atoms with Gasteiger partial charge in [-0.2, -0.15) is 0 Å². The van der Waals surface area contributed by atoms with Gasteiger partial charge in [-0.3, -0.25) is 4.21 Å². The summed E-state index contributed by atoms with van der Waals surface area (Å²) in [6.45, 7) is 11.3. The molecule has 0 aliphatic heterocycles. The van der Waals surface area contributed by atoms with Crippen LogP contribution in [0.2, 0.25) is 0 Å². The van der Waals surface area contributed by atoms with Crippen LogP contribution in [0.3, 0.4) is 0 Å². The van der Waals surface area contributed by atoms with Crippen molar-refractivity contribution >= 4 is 10.8 Å². The highest BCUT2D eigenvalue weighted by atomic mass is 32.2. The largest absolute Gasteiger partial charge is 0.309 e. The molecule has 0 bridgehead atoms. The van der Waals surface area contributed by atoms with Crippen molar-refractivity contribution in [2.24, 2.45) is 0 Å². The summed E-state index contributed by atoms with van der Waals surface area (Å²) in [6.07, 6.45) is 1.09. The summed E-state index contributed by atoms with van der Waals surface area (Å²) >= 11 is 0. The van der Waals surface area contributed by atoms with Gasteiger partial charge in [0.15, 0.2) is 0 Å². The van der Waals surface area contributed by atoms with Crippen LogP contribution in [0.4, 0.5) is 0 Å². The highest BCUT2D eigenvalue weighted by Gasteiger charge is 2.25. The molecule has 0 amide bonds. The Morgan fingerprint density at radius 1 is 1.16 bits per heavy atom. The Balaban J connectivity index is 2.93. The number of benzene rings is 1. The molecule has 0 spiro atoms. The van der Waals surface area contributed by atoms with Gasteiger partial charge in [0.1, 0.15) is 0 Å². The summed E-state index contributed by atoms with van der Waals surface area (Å²) in [6, 6.07) is 8.72. The first-order valence-corrected chi connectivity index (χ1v) is 8.44. The Hall–Kier alpha value is -0.670. The van der Waals surface area contributed by atoms with Crippen LogP contribution in [0.5, 0.6) is 0 Å². The molecule has 0 aliphatic rings. The van der Waals surface area contributed by atoms with Crippen molar-refractivity contribution in [3.63, 3.8) is 0 Å². The Morgan fingerprint density at radius 2 is 1.74 bits per heavy atom. The second-order valence-electron chi connectivity index (χ2n) is 5.42. The van der Waals surface area contributed by atoms with E-state index in [4.69, 9.17) is 0 Å². The fraction of sp³-hybridized carbons (Fsp3) is 0.625. The third kappa shape index (κ3) is 4.73. The average molecular weight is 281 g/mol. The Morgan fingerprint density at radius 3 is 2.21 bits per heavy atom. The van der Waals surface area contributed by atoms with E-state index in [0.29, 0.717) is 0 Å². The zero-order valence-corrected chi connectivity index (χ0v) is 13.6. The first-order valence-electron chi connectivity index (χ1n) is 7.16. The predicted molar refractivity (Wildman–Crippen MR) is 85.0 cm³/mol. The van der Waals surface area contributed by atoms with E-state index in [1.165, 1.54) is 11.1 Å². The number of hydrogen-bond acceptors (Lipinski definition) is 2. The van der Waals surface area contributed by atoms with E-state index < -0.39 is 10.8 Å². The smallest absolute Gasteiger partial charge is 0.0517 e. The van der Waals surface area contributed by atoms with Gasteiger partial charge in [0.2, 0.25) is 0 Å². The maximum absolute atomic E-state index is 12.4. The van der Waals surface area contributed by atoms with Crippen molar-refractivity contribution in [3.05, 3.63) is 35.4 Å². The van der Waals surface area contributed by atoms with E-state index in [-0.39, 0.29) is 16.5 Å². The van der Waals surface area contributed by atoms with Crippen LogP contribution in [0.15, 0.2) is 24.3 Å². The minimum atomic E-state index is -0.818. The Bertz CT molecular complexity index is 400. The molecule has 1 aromatic rings. The molecular weight excluding hydrogens is 254 g/mol.